The first-order chi connectivity index (χ1) is 10.7. The predicted octanol–water partition coefficient (Wildman–Crippen LogP) is 4.08. The Labute approximate surface area is 131 Å². The van der Waals surface area contributed by atoms with Crippen molar-refractivity contribution in [2.45, 2.75) is 57.4 Å². The Kier molecular flexibility index (Phi) is 4.21. The third kappa shape index (κ3) is 2.64. The van der Waals surface area contributed by atoms with Gasteiger partial charge in [-0.05, 0) is 42.0 Å². The van der Waals surface area contributed by atoms with Gasteiger partial charge >= 0.3 is 0 Å². The van der Waals surface area contributed by atoms with E-state index >= 15 is 0 Å². The number of fused-ring (bicyclic) bond motifs is 1. The van der Waals surface area contributed by atoms with E-state index in [9.17, 15) is 4.79 Å². The number of hydrogen-bond acceptors (Lipinski definition) is 4. The van der Waals surface area contributed by atoms with Crippen LogP contribution in [0.1, 0.15) is 63.0 Å². The van der Waals surface area contributed by atoms with Crippen LogP contribution in [0.25, 0.3) is 0 Å². The van der Waals surface area contributed by atoms with E-state index in [1.807, 2.05) is 6.08 Å². The number of rotatable bonds is 3. The molecule has 0 unspecified atom stereocenters. The molecule has 1 aliphatic heterocycles. The van der Waals surface area contributed by atoms with Gasteiger partial charge in [0.2, 0.25) is 6.08 Å². The highest BCUT2D eigenvalue weighted by atomic mass is 16.5. The first-order valence-electron chi connectivity index (χ1n) is 8.19. The Morgan fingerprint density at radius 3 is 2.32 bits per heavy atom. The summed E-state index contributed by atoms with van der Waals surface area (Å²) in [5.74, 6) is 1.93. The van der Waals surface area contributed by atoms with Gasteiger partial charge in [-0.3, -0.25) is 0 Å². The Morgan fingerprint density at radius 1 is 1.09 bits per heavy atom. The minimum absolute atomic E-state index is 0.339. The number of carbonyl (C=O) groups excluding carboxylic acids is 1. The zero-order valence-corrected chi connectivity index (χ0v) is 13.4. The van der Waals surface area contributed by atoms with Gasteiger partial charge in [0, 0.05) is 6.42 Å². The zero-order chi connectivity index (χ0) is 15.6. The number of ether oxygens (including phenoxy) is 2. The molecule has 1 aliphatic carbocycles. The van der Waals surface area contributed by atoms with Crippen LogP contribution in [0.15, 0.2) is 17.1 Å². The molecule has 0 saturated heterocycles. The van der Waals surface area contributed by atoms with E-state index in [1.165, 1.54) is 5.56 Å². The molecular formula is C18H23NO3. The minimum atomic E-state index is -0.425. The van der Waals surface area contributed by atoms with E-state index in [4.69, 9.17) is 9.47 Å². The molecule has 1 saturated carbocycles. The van der Waals surface area contributed by atoms with Gasteiger partial charge in [-0.25, -0.2) is 4.79 Å². The van der Waals surface area contributed by atoms with Gasteiger partial charge in [-0.2, -0.15) is 4.99 Å². The summed E-state index contributed by atoms with van der Waals surface area (Å²) in [5.41, 5.74) is 1.89. The SMILES string of the molecule is CC(C)c1cc2c(cc1C1(N=C=O)CCCC1)OCCCO2. The monoisotopic (exact) mass is 301 g/mol. The normalized spacial score (nSPS) is 19.6. The molecule has 0 atom stereocenters. The molecule has 0 radical (unpaired) electrons. The molecule has 4 heteroatoms. The fourth-order valence-corrected chi connectivity index (χ4v) is 3.59. The minimum Gasteiger partial charge on any atom is -0.490 e. The van der Waals surface area contributed by atoms with Crippen molar-refractivity contribution in [1.29, 1.82) is 0 Å². The van der Waals surface area contributed by atoms with Gasteiger partial charge < -0.3 is 9.47 Å². The lowest BCUT2D eigenvalue weighted by molar-refractivity contribution is 0.296. The highest BCUT2D eigenvalue weighted by molar-refractivity contribution is 5.52. The van der Waals surface area contributed by atoms with Crippen molar-refractivity contribution in [3.05, 3.63) is 23.3 Å². The molecule has 1 heterocycles. The molecule has 1 aromatic carbocycles. The Bertz CT molecular complexity index is 597. The highest BCUT2D eigenvalue weighted by Gasteiger charge is 2.38. The van der Waals surface area contributed by atoms with Crippen LogP contribution < -0.4 is 9.47 Å². The summed E-state index contributed by atoms with van der Waals surface area (Å²) >= 11 is 0. The summed E-state index contributed by atoms with van der Waals surface area (Å²) in [6.07, 6.45) is 6.70. The lowest BCUT2D eigenvalue weighted by atomic mass is 9.82. The average Bonchev–Trinajstić information content (AvgIpc) is 2.85. The molecule has 0 N–H and O–H groups in total. The topological polar surface area (TPSA) is 47.9 Å². The predicted molar refractivity (Wildman–Crippen MR) is 84.4 cm³/mol. The van der Waals surface area contributed by atoms with Crippen molar-refractivity contribution in [3.63, 3.8) is 0 Å². The van der Waals surface area contributed by atoms with Gasteiger partial charge in [0.15, 0.2) is 11.5 Å². The van der Waals surface area contributed by atoms with Gasteiger partial charge in [-0.1, -0.05) is 26.7 Å². The first-order valence-corrected chi connectivity index (χ1v) is 8.19. The molecular weight excluding hydrogens is 278 g/mol. The Hall–Kier alpha value is -1.80. The van der Waals surface area contributed by atoms with Crippen molar-refractivity contribution >= 4 is 6.08 Å². The summed E-state index contributed by atoms with van der Waals surface area (Å²) in [6, 6.07) is 4.14. The van der Waals surface area contributed by atoms with Crippen LogP contribution in [0.4, 0.5) is 0 Å². The second kappa shape index (κ2) is 6.13. The van der Waals surface area contributed by atoms with Gasteiger partial charge in [0.1, 0.15) is 0 Å². The molecule has 118 valence electrons. The molecule has 1 aromatic rings. The van der Waals surface area contributed by atoms with Crippen LogP contribution in [0.5, 0.6) is 11.5 Å². The van der Waals surface area contributed by atoms with Crippen molar-refractivity contribution in [2.75, 3.05) is 13.2 Å². The maximum absolute atomic E-state index is 11.0. The maximum atomic E-state index is 11.0. The molecule has 1 fully saturated rings. The molecule has 22 heavy (non-hydrogen) atoms. The number of aliphatic imine (C=N–C) groups is 1. The third-order valence-electron chi connectivity index (χ3n) is 4.73. The fraction of sp³-hybridized carbons (Fsp3) is 0.611. The summed E-state index contributed by atoms with van der Waals surface area (Å²) in [5, 5.41) is 0. The zero-order valence-electron chi connectivity index (χ0n) is 13.4. The second-order valence-electron chi connectivity index (χ2n) is 6.53. The van der Waals surface area contributed by atoms with Crippen molar-refractivity contribution in [2.24, 2.45) is 4.99 Å². The number of benzene rings is 1. The van der Waals surface area contributed by atoms with Crippen LogP contribution in [0, 0.1) is 0 Å². The second-order valence-corrected chi connectivity index (χ2v) is 6.53. The van der Waals surface area contributed by atoms with Gasteiger partial charge in [-0.15, -0.1) is 0 Å². The highest BCUT2D eigenvalue weighted by Crippen LogP contribution is 2.48. The third-order valence-corrected chi connectivity index (χ3v) is 4.73. The summed E-state index contributed by atoms with van der Waals surface area (Å²) in [7, 11) is 0. The lowest BCUT2D eigenvalue weighted by Gasteiger charge is -2.28. The Morgan fingerprint density at radius 2 is 1.73 bits per heavy atom. The first kappa shape index (κ1) is 15.1. The maximum Gasteiger partial charge on any atom is 0.235 e. The van der Waals surface area contributed by atoms with E-state index in [2.05, 4.69) is 31.0 Å². The van der Waals surface area contributed by atoms with E-state index in [0.717, 1.165) is 49.2 Å². The summed E-state index contributed by atoms with van der Waals surface area (Å²) in [6.45, 7) is 5.67. The van der Waals surface area contributed by atoms with Crippen molar-refractivity contribution in [1.82, 2.24) is 0 Å². The summed E-state index contributed by atoms with van der Waals surface area (Å²) < 4.78 is 11.7. The van der Waals surface area contributed by atoms with Crippen molar-refractivity contribution < 1.29 is 14.3 Å². The van der Waals surface area contributed by atoms with Crippen LogP contribution in [-0.2, 0) is 10.3 Å². The van der Waals surface area contributed by atoms with Gasteiger partial charge in [0.05, 0.1) is 18.8 Å². The largest absolute Gasteiger partial charge is 0.490 e. The number of nitrogens with zero attached hydrogens (tertiary/aromatic N) is 1. The molecule has 4 nitrogen and oxygen atoms in total. The van der Waals surface area contributed by atoms with Crippen LogP contribution >= 0.6 is 0 Å². The van der Waals surface area contributed by atoms with Crippen LogP contribution in [-0.4, -0.2) is 19.3 Å². The number of hydrogen-bond donors (Lipinski definition) is 0. The van der Waals surface area contributed by atoms with Crippen LogP contribution in [0.2, 0.25) is 0 Å². The van der Waals surface area contributed by atoms with Crippen LogP contribution in [0.3, 0.4) is 0 Å². The molecule has 0 amide bonds. The molecule has 0 bridgehead atoms. The smallest absolute Gasteiger partial charge is 0.235 e. The van der Waals surface area contributed by atoms with E-state index < -0.39 is 5.54 Å². The molecule has 0 spiro atoms. The Balaban J connectivity index is 2.16. The van der Waals surface area contributed by atoms with E-state index in [0.29, 0.717) is 19.1 Å². The lowest BCUT2D eigenvalue weighted by Crippen LogP contribution is -2.22. The van der Waals surface area contributed by atoms with Gasteiger partial charge in [0.25, 0.3) is 0 Å². The standard InChI is InChI=1S/C18H23NO3/c1-13(2)14-10-16-17(22-9-5-8-21-16)11-15(14)18(19-12-20)6-3-4-7-18/h10-11,13H,3-9H2,1-2H3. The average molecular weight is 301 g/mol. The quantitative estimate of drug-likeness (QED) is 0.624. The molecule has 0 aromatic heterocycles. The molecule has 2 aliphatic rings. The summed E-state index contributed by atoms with van der Waals surface area (Å²) in [4.78, 5) is 15.3. The molecule has 3 rings (SSSR count). The van der Waals surface area contributed by atoms with Crippen molar-refractivity contribution in [3.8, 4) is 11.5 Å². The fourth-order valence-electron chi connectivity index (χ4n) is 3.59. The van der Waals surface area contributed by atoms with E-state index in [-0.39, 0.29) is 0 Å². The number of isocyanates is 1. The van der Waals surface area contributed by atoms with E-state index in [1.54, 1.807) is 0 Å².